The Hall–Kier alpha value is -3.22. The highest BCUT2D eigenvalue weighted by molar-refractivity contribution is 5.79. The molecule has 0 bridgehead atoms. The van der Waals surface area contributed by atoms with Gasteiger partial charge in [-0.1, -0.05) is 24.3 Å². The van der Waals surface area contributed by atoms with Crippen molar-refractivity contribution in [3.63, 3.8) is 0 Å². The average molecular weight is 338 g/mol. The largest absolute Gasteiger partial charge is 0.352 e. The molecule has 0 aliphatic rings. The molecule has 128 valence electrons. The van der Waals surface area contributed by atoms with E-state index in [4.69, 9.17) is 0 Å². The van der Waals surface area contributed by atoms with Crippen molar-refractivity contribution in [2.45, 2.75) is 13.1 Å². The number of halogens is 1. The third-order valence-corrected chi connectivity index (χ3v) is 3.65. The molecule has 0 spiro atoms. The molecule has 0 radical (unpaired) electrons. The lowest BCUT2D eigenvalue weighted by atomic mass is 10.2. The zero-order valence-electron chi connectivity index (χ0n) is 13.9. The molecule has 0 amide bonds. The topological polar surface area (TPSA) is 67.1 Å². The van der Waals surface area contributed by atoms with Crippen molar-refractivity contribution in [1.82, 2.24) is 25.4 Å². The normalized spacial score (nSPS) is 11.4. The van der Waals surface area contributed by atoms with Crippen LogP contribution in [0.5, 0.6) is 0 Å². The van der Waals surface area contributed by atoms with E-state index in [1.165, 1.54) is 18.5 Å². The van der Waals surface area contributed by atoms with Crippen molar-refractivity contribution in [3.8, 4) is 5.69 Å². The summed E-state index contributed by atoms with van der Waals surface area (Å²) in [5.74, 6) is 0.416. The molecule has 2 aromatic carbocycles. The number of benzene rings is 2. The highest BCUT2D eigenvalue weighted by Crippen LogP contribution is 2.08. The quantitative estimate of drug-likeness (QED) is 0.553. The summed E-state index contributed by atoms with van der Waals surface area (Å²) in [5.41, 5.74) is 2.92. The summed E-state index contributed by atoms with van der Waals surface area (Å²) >= 11 is 0. The van der Waals surface area contributed by atoms with E-state index in [0.29, 0.717) is 19.0 Å². The Morgan fingerprint density at radius 2 is 1.84 bits per heavy atom. The lowest BCUT2D eigenvalue weighted by Crippen LogP contribution is -2.36. The Morgan fingerprint density at radius 3 is 2.48 bits per heavy atom. The highest BCUT2D eigenvalue weighted by Gasteiger charge is 2.01. The number of nitrogens with one attached hydrogen (secondary N) is 2. The van der Waals surface area contributed by atoms with Crippen LogP contribution in [0.25, 0.3) is 5.69 Å². The number of aliphatic imine (C=N–C) groups is 1. The molecule has 0 fully saturated rings. The lowest BCUT2D eigenvalue weighted by molar-refractivity contribution is 0.624. The van der Waals surface area contributed by atoms with Gasteiger partial charge in [0.2, 0.25) is 0 Å². The molecule has 0 atom stereocenters. The second-order valence-electron chi connectivity index (χ2n) is 5.42. The zero-order chi connectivity index (χ0) is 17.5. The Kier molecular flexibility index (Phi) is 5.36. The first kappa shape index (κ1) is 16.6. The van der Waals surface area contributed by atoms with Crippen molar-refractivity contribution in [3.05, 3.63) is 78.1 Å². The predicted octanol–water partition coefficient (Wildman–Crippen LogP) is 2.27. The number of rotatable bonds is 5. The molecule has 0 saturated carbocycles. The van der Waals surface area contributed by atoms with E-state index >= 15 is 0 Å². The summed E-state index contributed by atoms with van der Waals surface area (Å²) < 4.78 is 14.9. The number of hydrogen-bond donors (Lipinski definition) is 2. The predicted molar refractivity (Wildman–Crippen MR) is 94.8 cm³/mol. The Balaban J connectivity index is 1.52. The van der Waals surface area contributed by atoms with Crippen LogP contribution >= 0.6 is 0 Å². The van der Waals surface area contributed by atoms with Gasteiger partial charge in [0.1, 0.15) is 18.5 Å². The second-order valence-corrected chi connectivity index (χ2v) is 5.42. The Labute approximate surface area is 145 Å². The van der Waals surface area contributed by atoms with Crippen molar-refractivity contribution < 1.29 is 4.39 Å². The molecule has 3 rings (SSSR count). The molecule has 0 aliphatic carbocycles. The highest BCUT2D eigenvalue weighted by atomic mass is 19.1. The maximum atomic E-state index is 13.2. The van der Waals surface area contributed by atoms with E-state index in [1.54, 1.807) is 24.1 Å². The minimum Gasteiger partial charge on any atom is -0.352 e. The van der Waals surface area contributed by atoms with Crippen LogP contribution in [-0.4, -0.2) is 27.8 Å². The van der Waals surface area contributed by atoms with Crippen LogP contribution in [-0.2, 0) is 13.1 Å². The van der Waals surface area contributed by atoms with E-state index in [0.717, 1.165) is 16.8 Å². The molecule has 1 heterocycles. The molecule has 25 heavy (non-hydrogen) atoms. The fraction of sp³-hybridized carbons (Fsp3) is 0.167. The van der Waals surface area contributed by atoms with Gasteiger partial charge in [-0.25, -0.2) is 14.1 Å². The van der Waals surface area contributed by atoms with Gasteiger partial charge < -0.3 is 10.6 Å². The van der Waals surface area contributed by atoms with Crippen LogP contribution in [0.15, 0.2) is 66.2 Å². The van der Waals surface area contributed by atoms with Gasteiger partial charge in [0.15, 0.2) is 5.96 Å². The van der Waals surface area contributed by atoms with Crippen LogP contribution in [0.3, 0.4) is 0 Å². The summed E-state index contributed by atoms with van der Waals surface area (Å²) in [6.07, 6.45) is 3.16. The van der Waals surface area contributed by atoms with E-state index in [9.17, 15) is 4.39 Å². The molecule has 2 N–H and O–H groups in total. The van der Waals surface area contributed by atoms with E-state index in [1.807, 2.05) is 30.3 Å². The van der Waals surface area contributed by atoms with Crippen molar-refractivity contribution >= 4 is 5.96 Å². The van der Waals surface area contributed by atoms with Crippen LogP contribution < -0.4 is 10.6 Å². The van der Waals surface area contributed by atoms with Gasteiger partial charge in [0.25, 0.3) is 0 Å². The maximum absolute atomic E-state index is 13.2. The van der Waals surface area contributed by atoms with E-state index in [2.05, 4.69) is 25.7 Å². The molecule has 7 heteroatoms. The van der Waals surface area contributed by atoms with Gasteiger partial charge in [0.05, 0.1) is 5.69 Å². The first-order chi connectivity index (χ1) is 12.2. The minimum atomic E-state index is -0.241. The van der Waals surface area contributed by atoms with Crippen molar-refractivity contribution in [1.29, 1.82) is 0 Å². The second kappa shape index (κ2) is 8.05. The van der Waals surface area contributed by atoms with Crippen LogP contribution in [0, 0.1) is 5.82 Å². The smallest absolute Gasteiger partial charge is 0.191 e. The van der Waals surface area contributed by atoms with E-state index < -0.39 is 0 Å². The number of aromatic nitrogens is 3. The van der Waals surface area contributed by atoms with Gasteiger partial charge in [-0.05, 0) is 35.4 Å². The fourth-order valence-electron chi connectivity index (χ4n) is 2.35. The molecular weight excluding hydrogens is 319 g/mol. The summed E-state index contributed by atoms with van der Waals surface area (Å²) in [4.78, 5) is 8.11. The van der Waals surface area contributed by atoms with Crippen LogP contribution in [0.1, 0.15) is 11.1 Å². The third-order valence-electron chi connectivity index (χ3n) is 3.65. The average Bonchev–Trinajstić information content (AvgIpc) is 3.17. The van der Waals surface area contributed by atoms with Gasteiger partial charge in [0, 0.05) is 20.1 Å². The van der Waals surface area contributed by atoms with Crippen molar-refractivity contribution in [2.75, 3.05) is 7.05 Å². The first-order valence-electron chi connectivity index (χ1n) is 7.87. The molecule has 1 aromatic heterocycles. The monoisotopic (exact) mass is 338 g/mol. The Morgan fingerprint density at radius 1 is 1.08 bits per heavy atom. The minimum absolute atomic E-state index is 0.241. The lowest BCUT2D eigenvalue weighted by Gasteiger charge is -2.12. The van der Waals surface area contributed by atoms with E-state index in [-0.39, 0.29) is 5.82 Å². The van der Waals surface area contributed by atoms with Gasteiger partial charge >= 0.3 is 0 Å². The Bertz CT molecular complexity index is 827. The maximum Gasteiger partial charge on any atom is 0.191 e. The molecule has 0 saturated heterocycles. The molecule has 0 aliphatic heterocycles. The third kappa shape index (κ3) is 4.63. The van der Waals surface area contributed by atoms with Crippen molar-refractivity contribution in [2.24, 2.45) is 4.99 Å². The number of hydrogen-bond acceptors (Lipinski definition) is 3. The van der Waals surface area contributed by atoms with Gasteiger partial charge in [-0.3, -0.25) is 4.99 Å². The SMILES string of the molecule is CN=C(NCc1ccc(-n2cncn2)cc1)NCc1cccc(F)c1. The fourth-order valence-corrected chi connectivity index (χ4v) is 2.35. The van der Waals surface area contributed by atoms with Gasteiger partial charge in [-0.2, -0.15) is 5.10 Å². The summed E-state index contributed by atoms with van der Waals surface area (Å²) in [5, 5.41) is 10.5. The standard InChI is InChI=1S/C18H19FN6/c1-20-18(23-11-15-3-2-4-16(19)9-15)22-10-14-5-7-17(8-6-14)25-13-21-12-24-25/h2-9,12-13H,10-11H2,1H3,(H2,20,22,23). The first-order valence-corrected chi connectivity index (χ1v) is 7.87. The summed E-state index contributed by atoms with van der Waals surface area (Å²) in [6, 6.07) is 14.5. The molecule has 0 unspecified atom stereocenters. The molecular formula is C18H19FN6. The number of nitrogens with zero attached hydrogens (tertiary/aromatic N) is 4. The number of guanidine groups is 1. The summed E-state index contributed by atoms with van der Waals surface area (Å²) in [7, 11) is 1.70. The zero-order valence-corrected chi connectivity index (χ0v) is 13.9. The summed E-state index contributed by atoms with van der Waals surface area (Å²) in [6.45, 7) is 1.13. The molecule has 6 nitrogen and oxygen atoms in total. The van der Waals surface area contributed by atoms with Crippen LogP contribution in [0.2, 0.25) is 0 Å². The van der Waals surface area contributed by atoms with Gasteiger partial charge in [-0.15, -0.1) is 0 Å². The molecule has 3 aromatic rings. The van der Waals surface area contributed by atoms with Crippen LogP contribution in [0.4, 0.5) is 4.39 Å².